The molecule has 3 aromatic rings. The molecule has 0 radical (unpaired) electrons. The molecule has 0 aliphatic heterocycles. The van der Waals surface area contributed by atoms with E-state index in [-0.39, 0.29) is 17.9 Å². The Kier molecular flexibility index (Phi) is 4.95. The van der Waals surface area contributed by atoms with Crippen molar-refractivity contribution in [2.75, 3.05) is 7.11 Å². The van der Waals surface area contributed by atoms with Crippen LogP contribution in [0.4, 0.5) is 0 Å². The number of methoxy groups -OCH3 is 1. The minimum atomic E-state index is -0.340. The van der Waals surface area contributed by atoms with Crippen molar-refractivity contribution in [1.29, 1.82) is 0 Å². The third-order valence-corrected chi connectivity index (χ3v) is 3.93. The van der Waals surface area contributed by atoms with Crippen molar-refractivity contribution in [2.24, 2.45) is 0 Å². The van der Waals surface area contributed by atoms with Crippen LogP contribution in [-0.2, 0) is 6.54 Å². The third-order valence-electron chi connectivity index (χ3n) is 3.69. The van der Waals surface area contributed by atoms with E-state index in [0.717, 1.165) is 10.2 Å². The maximum absolute atomic E-state index is 12.4. The van der Waals surface area contributed by atoms with E-state index in [2.05, 4.69) is 5.10 Å². The molecular weight excluding hydrogens is 340 g/mol. The Morgan fingerprint density at radius 1 is 1.12 bits per heavy atom. The van der Waals surface area contributed by atoms with Crippen molar-refractivity contribution in [3.63, 3.8) is 0 Å². The average Bonchev–Trinajstić information content (AvgIpc) is 2.63. The van der Waals surface area contributed by atoms with E-state index < -0.39 is 0 Å². The number of hydrogen-bond acceptors (Lipinski definition) is 4. The third kappa shape index (κ3) is 3.95. The fraction of sp³-hybridized carbons (Fsp3) is 0.105. The van der Waals surface area contributed by atoms with Crippen LogP contribution in [0, 0.1) is 0 Å². The second kappa shape index (κ2) is 7.32. The molecule has 0 atom stereocenters. The molecule has 0 saturated carbocycles. The molecule has 1 heterocycles. The molecule has 2 aromatic carbocycles. The van der Waals surface area contributed by atoms with Crippen molar-refractivity contribution >= 4 is 17.4 Å². The minimum Gasteiger partial charge on any atom is -0.497 e. The number of ketones is 1. The first kappa shape index (κ1) is 16.9. The van der Waals surface area contributed by atoms with Crippen LogP contribution in [0.1, 0.15) is 10.4 Å². The van der Waals surface area contributed by atoms with Crippen molar-refractivity contribution in [1.82, 2.24) is 9.78 Å². The van der Waals surface area contributed by atoms with Crippen LogP contribution in [0.3, 0.4) is 0 Å². The Hall–Kier alpha value is -2.92. The zero-order chi connectivity index (χ0) is 17.8. The molecule has 126 valence electrons. The zero-order valence-electron chi connectivity index (χ0n) is 13.5. The van der Waals surface area contributed by atoms with E-state index in [0.29, 0.717) is 22.0 Å². The molecule has 0 saturated heterocycles. The number of benzene rings is 2. The molecule has 5 nitrogen and oxygen atoms in total. The number of ether oxygens (including phenoxy) is 1. The Balaban J connectivity index is 1.87. The molecule has 6 heteroatoms. The number of carbonyl (C=O) groups excluding carboxylic acids is 1. The second-order valence-corrected chi connectivity index (χ2v) is 5.81. The van der Waals surface area contributed by atoms with Gasteiger partial charge in [0.25, 0.3) is 5.56 Å². The molecule has 0 amide bonds. The van der Waals surface area contributed by atoms with Crippen molar-refractivity contribution in [3.8, 4) is 17.0 Å². The van der Waals surface area contributed by atoms with E-state index in [9.17, 15) is 9.59 Å². The lowest BCUT2D eigenvalue weighted by Gasteiger charge is -2.07. The number of hydrogen-bond donors (Lipinski definition) is 0. The number of Topliss-reactive ketones (excluding diaryl/α,β-unsaturated/α-hetero) is 1. The molecular formula is C19H15ClN2O3. The summed E-state index contributed by atoms with van der Waals surface area (Å²) in [5, 5.41) is 4.86. The molecule has 0 aliphatic carbocycles. The lowest BCUT2D eigenvalue weighted by molar-refractivity contribution is 0.0966. The summed E-state index contributed by atoms with van der Waals surface area (Å²) in [4.78, 5) is 24.4. The fourth-order valence-corrected chi connectivity index (χ4v) is 2.56. The first-order chi connectivity index (χ1) is 12.1. The lowest BCUT2D eigenvalue weighted by Crippen LogP contribution is -2.26. The smallest absolute Gasteiger partial charge is 0.267 e. The number of halogens is 1. The van der Waals surface area contributed by atoms with Crippen molar-refractivity contribution in [2.45, 2.75) is 6.54 Å². The summed E-state index contributed by atoms with van der Waals surface area (Å²) in [5.74, 6) is 0.454. The second-order valence-electron chi connectivity index (χ2n) is 5.38. The molecule has 1 aromatic heterocycles. The molecule has 0 aliphatic rings. The molecule has 0 bridgehead atoms. The van der Waals surface area contributed by atoms with Gasteiger partial charge in [-0.05, 0) is 42.5 Å². The first-order valence-corrected chi connectivity index (χ1v) is 7.96. The normalized spacial score (nSPS) is 10.5. The fourth-order valence-electron chi connectivity index (χ4n) is 2.37. The van der Waals surface area contributed by atoms with Crippen LogP contribution in [-0.4, -0.2) is 22.7 Å². The van der Waals surface area contributed by atoms with E-state index in [1.165, 1.54) is 6.07 Å². The Bertz CT molecular complexity index is 965. The number of carbonyl (C=O) groups is 1. The monoisotopic (exact) mass is 354 g/mol. The van der Waals surface area contributed by atoms with E-state index in [1.54, 1.807) is 55.6 Å². The van der Waals surface area contributed by atoms with Gasteiger partial charge in [0.05, 0.1) is 12.8 Å². The highest BCUT2D eigenvalue weighted by molar-refractivity contribution is 6.30. The Morgan fingerprint density at radius 2 is 1.88 bits per heavy atom. The lowest BCUT2D eigenvalue weighted by atomic mass is 10.1. The van der Waals surface area contributed by atoms with Crippen molar-refractivity contribution in [3.05, 3.63) is 81.6 Å². The van der Waals surface area contributed by atoms with Gasteiger partial charge in [-0.2, -0.15) is 5.10 Å². The summed E-state index contributed by atoms with van der Waals surface area (Å²) in [5.41, 5.74) is 1.50. The minimum absolute atomic E-state index is 0.139. The standard InChI is InChI=1S/C19H15ClN2O3/c1-25-16-7-5-13(6-8-16)18(23)12-22-19(24)10-9-17(21-22)14-3-2-4-15(20)11-14/h2-11H,12H2,1H3. The molecule has 0 unspecified atom stereocenters. The van der Waals surface area contributed by atoms with Gasteiger partial charge in [-0.3, -0.25) is 9.59 Å². The first-order valence-electron chi connectivity index (χ1n) is 7.58. The van der Waals surface area contributed by atoms with Gasteiger partial charge < -0.3 is 4.74 Å². The van der Waals surface area contributed by atoms with Crippen LogP contribution in [0.15, 0.2) is 65.5 Å². The van der Waals surface area contributed by atoms with Gasteiger partial charge in [-0.1, -0.05) is 23.7 Å². The summed E-state index contributed by atoms with van der Waals surface area (Å²) in [6, 6.07) is 16.9. The summed E-state index contributed by atoms with van der Waals surface area (Å²) in [6.45, 7) is -0.139. The molecule has 0 N–H and O–H groups in total. The topological polar surface area (TPSA) is 61.2 Å². The predicted octanol–water partition coefficient (Wildman–Crippen LogP) is 3.46. The van der Waals surface area contributed by atoms with Crippen LogP contribution < -0.4 is 10.3 Å². The zero-order valence-corrected chi connectivity index (χ0v) is 14.2. The predicted molar refractivity (Wildman–Crippen MR) is 96.3 cm³/mol. The van der Waals surface area contributed by atoms with Crippen LogP contribution in [0.2, 0.25) is 5.02 Å². The molecule has 25 heavy (non-hydrogen) atoms. The van der Waals surface area contributed by atoms with Crippen molar-refractivity contribution < 1.29 is 9.53 Å². The highest BCUT2D eigenvalue weighted by Gasteiger charge is 2.10. The van der Waals surface area contributed by atoms with E-state index >= 15 is 0 Å². The summed E-state index contributed by atoms with van der Waals surface area (Å²) >= 11 is 5.99. The van der Waals surface area contributed by atoms with Crippen LogP contribution >= 0.6 is 11.6 Å². The maximum Gasteiger partial charge on any atom is 0.267 e. The highest BCUT2D eigenvalue weighted by Crippen LogP contribution is 2.20. The SMILES string of the molecule is COc1ccc(C(=O)Cn2nc(-c3cccc(Cl)c3)ccc2=O)cc1. The Labute approximate surface area is 149 Å². The highest BCUT2D eigenvalue weighted by atomic mass is 35.5. The summed E-state index contributed by atoms with van der Waals surface area (Å²) in [6.07, 6.45) is 0. The number of aromatic nitrogens is 2. The molecule has 0 fully saturated rings. The van der Waals surface area contributed by atoms with Crippen LogP contribution in [0.5, 0.6) is 5.75 Å². The molecule has 0 spiro atoms. The van der Waals surface area contributed by atoms with E-state index in [4.69, 9.17) is 16.3 Å². The van der Waals surface area contributed by atoms with Gasteiger partial charge in [-0.25, -0.2) is 4.68 Å². The number of nitrogens with zero attached hydrogens (tertiary/aromatic N) is 2. The van der Waals surface area contributed by atoms with Gasteiger partial charge >= 0.3 is 0 Å². The quantitative estimate of drug-likeness (QED) is 0.658. The molecule has 3 rings (SSSR count). The van der Waals surface area contributed by atoms with Gasteiger partial charge in [0.2, 0.25) is 0 Å². The average molecular weight is 355 g/mol. The van der Waals surface area contributed by atoms with Crippen LogP contribution in [0.25, 0.3) is 11.3 Å². The Morgan fingerprint density at radius 3 is 2.56 bits per heavy atom. The van der Waals surface area contributed by atoms with Gasteiger partial charge in [0, 0.05) is 22.2 Å². The van der Waals surface area contributed by atoms with Gasteiger partial charge in [0.1, 0.15) is 12.3 Å². The van der Waals surface area contributed by atoms with Gasteiger partial charge in [-0.15, -0.1) is 0 Å². The largest absolute Gasteiger partial charge is 0.497 e. The number of rotatable bonds is 5. The van der Waals surface area contributed by atoms with E-state index in [1.807, 2.05) is 6.07 Å². The van der Waals surface area contributed by atoms with Gasteiger partial charge in [0.15, 0.2) is 5.78 Å². The summed E-state index contributed by atoms with van der Waals surface area (Å²) in [7, 11) is 1.56. The maximum atomic E-state index is 12.4. The summed E-state index contributed by atoms with van der Waals surface area (Å²) < 4.78 is 6.23.